The Balaban J connectivity index is 1.94. The fourth-order valence-electron chi connectivity index (χ4n) is 4.07. The highest BCUT2D eigenvalue weighted by molar-refractivity contribution is 5.84. The number of rotatable bonds is 5. The van der Waals surface area contributed by atoms with Crippen LogP contribution in [-0.4, -0.2) is 23.2 Å². The second-order valence-electron chi connectivity index (χ2n) is 8.03. The van der Waals surface area contributed by atoms with Crippen LogP contribution in [0, 0.1) is 15.9 Å². The Morgan fingerprint density at radius 2 is 2.00 bits per heavy atom. The maximum Gasteiger partial charge on any atom is 0.269 e. The van der Waals surface area contributed by atoms with Crippen LogP contribution in [0.1, 0.15) is 57.6 Å². The quantitative estimate of drug-likeness (QED) is 0.362. The molecule has 148 valence electrons. The molecule has 0 radical (unpaired) electrons. The highest BCUT2D eigenvalue weighted by Gasteiger charge is 2.36. The van der Waals surface area contributed by atoms with Crippen LogP contribution >= 0.6 is 0 Å². The van der Waals surface area contributed by atoms with Gasteiger partial charge in [-0.15, -0.1) is 0 Å². The summed E-state index contributed by atoms with van der Waals surface area (Å²) in [5.41, 5.74) is 3.08. The fraction of sp³-hybridized carbons (Fsp3) is 0.409. The van der Waals surface area contributed by atoms with Crippen LogP contribution < -0.4 is 4.90 Å². The van der Waals surface area contributed by atoms with E-state index < -0.39 is 4.92 Å². The van der Waals surface area contributed by atoms with Crippen LogP contribution in [0.4, 0.5) is 21.5 Å². The Labute approximate surface area is 165 Å². The Bertz CT molecular complexity index is 907. The molecule has 2 aromatic carbocycles. The zero-order valence-corrected chi connectivity index (χ0v) is 16.8. The molecule has 6 heteroatoms. The van der Waals surface area contributed by atoms with E-state index in [1.165, 1.54) is 18.3 Å². The topological polar surface area (TPSA) is 58.7 Å². The molecule has 5 nitrogen and oxygen atoms in total. The first-order valence-electron chi connectivity index (χ1n) is 9.62. The zero-order valence-electron chi connectivity index (χ0n) is 16.8. The molecular formula is C22H26FN3O2. The van der Waals surface area contributed by atoms with E-state index >= 15 is 0 Å². The Kier molecular flexibility index (Phi) is 5.49. The third kappa shape index (κ3) is 3.91. The van der Waals surface area contributed by atoms with Gasteiger partial charge in [0.2, 0.25) is 0 Å². The number of hydrogen-bond donors (Lipinski definition) is 0. The normalized spacial score (nSPS) is 18.3. The molecule has 0 amide bonds. The van der Waals surface area contributed by atoms with E-state index in [4.69, 9.17) is 0 Å². The van der Waals surface area contributed by atoms with Crippen molar-refractivity contribution in [1.82, 2.24) is 0 Å². The van der Waals surface area contributed by atoms with Gasteiger partial charge in [-0.3, -0.25) is 15.1 Å². The van der Waals surface area contributed by atoms with Gasteiger partial charge in [0, 0.05) is 41.7 Å². The Morgan fingerprint density at radius 3 is 2.61 bits per heavy atom. The van der Waals surface area contributed by atoms with Crippen LogP contribution in [0.3, 0.4) is 0 Å². The summed E-state index contributed by atoms with van der Waals surface area (Å²) >= 11 is 0. The van der Waals surface area contributed by atoms with Gasteiger partial charge in [-0.2, -0.15) is 0 Å². The molecule has 0 saturated heterocycles. The highest BCUT2D eigenvalue weighted by atomic mass is 19.1. The summed E-state index contributed by atoms with van der Waals surface area (Å²) in [4.78, 5) is 16.9. The van der Waals surface area contributed by atoms with Crippen molar-refractivity contribution in [3.05, 3.63) is 63.5 Å². The average molecular weight is 383 g/mol. The number of nitro groups is 1. The smallest absolute Gasteiger partial charge is 0.269 e. The lowest BCUT2D eigenvalue weighted by Crippen LogP contribution is -2.48. The van der Waals surface area contributed by atoms with E-state index in [-0.39, 0.29) is 17.0 Å². The molecule has 0 N–H and O–H groups in total. The van der Waals surface area contributed by atoms with Crippen molar-refractivity contribution in [2.45, 2.75) is 52.0 Å². The summed E-state index contributed by atoms with van der Waals surface area (Å²) in [6, 6.07) is 9.41. The highest BCUT2D eigenvalue weighted by Crippen LogP contribution is 2.44. The van der Waals surface area contributed by atoms with E-state index in [1.54, 1.807) is 18.2 Å². The first-order valence-corrected chi connectivity index (χ1v) is 9.62. The van der Waals surface area contributed by atoms with Crippen molar-refractivity contribution >= 4 is 23.3 Å². The third-order valence-corrected chi connectivity index (χ3v) is 5.36. The summed E-state index contributed by atoms with van der Waals surface area (Å²) in [6.45, 7) is 9.63. The fourth-order valence-corrected chi connectivity index (χ4v) is 4.07. The van der Waals surface area contributed by atoms with Gasteiger partial charge in [0.15, 0.2) is 0 Å². The molecule has 0 saturated carbocycles. The maximum atomic E-state index is 14.8. The van der Waals surface area contributed by atoms with E-state index in [0.29, 0.717) is 17.2 Å². The Hall–Kier alpha value is -2.76. The Morgan fingerprint density at radius 1 is 1.32 bits per heavy atom. The van der Waals surface area contributed by atoms with Crippen molar-refractivity contribution in [3.63, 3.8) is 0 Å². The summed E-state index contributed by atoms with van der Waals surface area (Å²) in [5.74, 6) is 0.0145. The van der Waals surface area contributed by atoms with Gasteiger partial charge in [0.25, 0.3) is 5.69 Å². The molecule has 28 heavy (non-hydrogen) atoms. The number of hydrogen-bond acceptors (Lipinski definition) is 4. The number of benzene rings is 2. The second kappa shape index (κ2) is 7.70. The predicted octanol–water partition coefficient (Wildman–Crippen LogP) is 5.99. The summed E-state index contributed by atoms with van der Waals surface area (Å²) in [6.07, 6.45) is 3.50. The number of anilines is 1. The predicted molar refractivity (Wildman–Crippen MR) is 111 cm³/mol. The van der Waals surface area contributed by atoms with E-state index in [0.717, 1.165) is 30.6 Å². The van der Waals surface area contributed by atoms with Crippen molar-refractivity contribution < 1.29 is 9.31 Å². The maximum absolute atomic E-state index is 14.8. The summed E-state index contributed by atoms with van der Waals surface area (Å²) in [5, 5.41) is 10.7. The van der Waals surface area contributed by atoms with Crippen molar-refractivity contribution in [3.8, 4) is 0 Å². The van der Waals surface area contributed by atoms with Gasteiger partial charge in [0.1, 0.15) is 5.82 Å². The lowest BCUT2D eigenvalue weighted by molar-refractivity contribution is -0.384. The molecule has 1 atom stereocenters. The molecular weight excluding hydrogens is 357 g/mol. The number of nitro benzene ring substituents is 1. The number of fused-ring (bicyclic) bond motifs is 1. The van der Waals surface area contributed by atoms with Crippen LogP contribution in [-0.2, 0) is 0 Å². The van der Waals surface area contributed by atoms with E-state index in [2.05, 4.69) is 37.6 Å². The molecule has 2 aromatic rings. The monoisotopic (exact) mass is 383 g/mol. The number of halogens is 1. The van der Waals surface area contributed by atoms with Gasteiger partial charge in [-0.1, -0.05) is 13.8 Å². The first-order chi connectivity index (χ1) is 13.2. The van der Waals surface area contributed by atoms with Gasteiger partial charge in [-0.05, 0) is 62.4 Å². The summed E-state index contributed by atoms with van der Waals surface area (Å²) in [7, 11) is 0. The number of non-ortho nitro benzene ring substituents is 1. The largest absolute Gasteiger partial charge is 0.366 e. The van der Waals surface area contributed by atoms with E-state index in [1.807, 2.05) is 6.07 Å². The van der Waals surface area contributed by atoms with Crippen LogP contribution in [0.25, 0.3) is 0 Å². The molecule has 3 rings (SSSR count). The molecule has 1 aliphatic heterocycles. The van der Waals surface area contributed by atoms with Gasteiger partial charge < -0.3 is 4.90 Å². The molecule has 0 aromatic heterocycles. The molecule has 0 aliphatic carbocycles. The molecule has 1 aliphatic rings. The molecule has 1 heterocycles. The first kappa shape index (κ1) is 20.0. The van der Waals surface area contributed by atoms with Crippen LogP contribution in [0.5, 0.6) is 0 Å². The lowest BCUT2D eigenvalue weighted by Gasteiger charge is -2.47. The summed E-state index contributed by atoms with van der Waals surface area (Å²) < 4.78 is 14.8. The third-order valence-electron chi connectivity index (χ3n) is 5.36. The van der Waals surface area contributed by atoms with E-state index in [9.17, 15) is 14.5 Å². The van der Waals surface area contributed by atoms with Crippen molar-refractivity contribution in [2.24, 2.45) is 4.99 Å². The number of aliphatic imine (C=N–C) groups is 1. The van der Waals surface area contributed by atoms with Crippen molar-refractivity contribution in [2.75, 3.05) is 11.4 Å². The average Bonchev–Trinajstić information content (AvgIpc) is 2.63. The SMILES string of the molecule is CCCN1c2cc(F)c(C=Nc3ccc([N+](=O)[O-])cc3)cc2C(C)CC1(C)C. The number of nitrogens with zero attached hydrogens (tertiary/aromatic N) is 3. The minimum absolute atomic E-state index is 0.00589. The van der Waals surface area contributed by atoms with Crippen molar-refractivity contribution in [1.29, 1.82) is 0 Å². The van der Waals surface area contributed by atoms with Gasteiger partial charge >= 0.3 is 0 Å². The standard InChI is InChI=1S/C22H26FN3O2/c1-5-10-25-21-12-20(23)16(11-19(21)15(2)13-22(25,3)4)14-24-17-6-8-18(9-7-17)26(27)28/h6-9,11-12,14-15H,5,10,13H2,1-4H3. The van der Waals surface area contributed by atoms with Gasteiger partial charge in [0.05, 0.1) is 10.6 Å². The molecule has 0 fully saturated rings. The zero-order chi connectivity index (χ0) is 20.5. The van der Waals surface area contributed by atoms with Crippen LogP contribution in [0.2, 0.25) is 0 Å². The minimum atomic E-state index is -0.457. The van der Waals surface area contributed by atoms with Gasteiger partial charge in [-0.25, -0.2) is 4.39 Å². The molecule has 0 spiro atoms. The van der Waals surface area contributed by atoms with Crippen LogP contribution in [0.15, 0.2) is 41.4 Å². The molecule has 0 bridgehead atoms. The minimum Gasteiger partial charge on any atom is -0.366 e. The lowest BCUT2D eigenvalue weighted by atomic mass is 9.79. The molecule has 1 unspecified atom stereocenters. The second-order valence-corrected chi connectivity index (χ2v) is 8.03.